The van der Waals surface area contributed by atoms with Gasteiger partial charge in [-0.25, -0.2) is 0 Å². The molecule has 0 aliphatic carbocycles. The lowest BCUT2D eigenvalue weighted by atomic mass is 10.0. The van der Waals surface area contributed by atoms with E-state index in [1.807, 2.05) is 0 Å². The summed E-state index contributed by atoms with van der Waals surface area (Å²) in [5.74, 6) is 0. The second-order valence-corrected chi connectivity index (χ2v) is 11.6. The van der Waals surface area contributed by atoms with E-state index < -0.39 is 0 Å². The molecule has 0 amide bonds. The highest BCUT2D eigenvalue weighted by Crippen LogP contribution is 2.41. The van der Waals surface area contributed by atoms with Crippen LogP contribution < -0.4 is 10.6 Å². The first-order valence-corrected chi connectivity index (χ1v) is 13.9. The molecule has 4 aromatic rings. The molecular weight excluding hydrogens is 410 g/mol. The maximum absolute atomic E-state index is 2.31. The summed E-state index contributed by atoms with van der Waals surface area (Å²) in [5, 5.41) is 3.00. The molecule has 1 unspecified atom stereocenters. The van der Waals surface area contributed by atoms with Crippen LogP contribution in [0.25, 0.3) is 0 Å². The Morgan fingerprint density at radius 1 is 0.516 bits per heavy atom. The number of rotatable bonds is 10. The fourth-order valence-corrected chi connectivity index (χ4v) is 8.00. The van der Waals surface area contributed by atoms with Crippen molar-refractivity contribution in [2.45, 2.75) is 18.5 Å². The van der Waals surface area contributed by atoms with E-state index in [-0.39, 0.29) is 7.92 Å². The van der Waals surface area contributed by atoms with Gasteiger partial charge in [0.25, 0.3) is 0 Å². The third kappa shape index (κ3) is 6.36. The molecule has 0 radical (unpaired) electrons. The molecule has 0 saturated heterocycles. The van der Waals surface area contributed by atoms with E-state index in [1.54, 1.807) is 0 Å². The van der Waals surface area contributed by atoms with Crippen molar-refractivity contribution in [3.8, 4) is 0 Å². The van der Waals surface area contributed by atoms with Crippen LogP contribution in [0.3, 0.4) is 0 Å². The molecule has 0 saturated carbocycles. The largest absolute Gasteiger partial charge is 0.110 e. The van der Waals surface area contributed by atoms with Gasteiger partial charge in [0.15, 0.2) is 0 Å². The minimum absolute atomic E-state index is 0.267. The second-order valence-electron chi connectivity index (χ2n) is 7.74. The minimum atomic E-state index is -0.267. The van der Waals surface area contributed by atoms with E-state index in [2.05, 4.69) is 121 Å². The Bertz CT molecular complexity index is 838. The number of hydrogen-bond donors (Lipinski definition) is 0. The van der Waals surface area contributed by atoms with Gasteiger partial charge in [-0.15, -0.1) is 8.58 Å². The van der Waals surface area contributed by atoms with E-state index in [0.717, 1.165) is 8.58 Å². The highest BCUT2D eigenvalue weighted by molar-refractivity contribution is 7.73. The Morgan fingerprint density at radius 2 is 0.935 bits per heavy atom. The van der Waals surface area contributed by atoms with Crippen LogP contribution in [-0.2, 0) is 0 Å². The number of unbranched alkanes of at least 4 members (excludes halogenated alkanes) is 1. The molecule has 0 N–H and O–H groups in total. The van der Waals surface area contributed by atoms with Gasteiger partial charge in [-0.3, -0.25) is 0 Å². The van der Waals surface area contributed by atoms with Crippen LogP contribution in [0.5, 0.6) is 0 Å². The molecule has 4 aromatic carbocycles. The Balaban J connectivity index is 1.37. The molecule has 0 spiro atoms. The van der Waals surface area contributed by atoms with Gasteiger partial charge in [0, 0.05) is 5.66 Å². The Hall–Kier alpha value is -2.26. The highest BCUT2D eigenvalue weighted by Gasteiger charge is 2.15. The quantitative estimate of drug-likeness (QED) is 0.178. The number of hydrogen-bond acceptors (Lipinski definition) is 0. The van der Waals surface area contributed by atoms with Crippen molar-refractivity contribution in [1.29, 1.82) is 0 Å². The average molecular weight is 441 g/mol. The van der Waals surface area contributed by atoms with Gasteiger partial charge in [0.1, 0.15) is 0 Å². The monoisotopic (exact) mass is 440 g/mol. The normalized spacial score (nSPS) is 11.5. The summed E-state index contributed by atoms with van der Waals surface area (Å²) in [5.41, 5.74) is 3.41. The zero-order chi connectivity index (χ0) is 21.1. The topological polar surface area (TPSA) is 0 Å². The summed E-state index contributed by atoms with van der Waals surface area (Å²) < 4.78 is 0. The molecule has 0 aliphatic heterocycles. The molecule has 0 aliphatic rings. The zero-order valence-electron chi connectivity index (χ0n) is 17.9. The third-order valence-electron chi connectivity index (χ3n) is 5.56. The van der Waals surface area contributed by atoms with Crippen molar-refractivity contribution in [2.24, 2.45) is 0 Å². The van der Waals surface area contributed by atoms with Crippen molar-refractivity contribution >= 4 is 27.1 Å². The summed E-state index contributed by atoms with van der Waals surface area (Å²) in [7, 11) is 0.654. The standard InChI is InChI=1S/C29H30P2/c1-5-15-25(16-6-1)29(26-17-7-2-8-18-26)30-23-13-14-24-31(27-19-9-3-10-20-27)28-21-11-4-12-22-28/h1-12,15-22,29-30H,13-14,23-24H2. The average Bonchev–Trinajstić information content (AvgIpc) is 2.86. The maximum Gasteiger partial charge on any atom is 0.0262 e. The Morgan fingerprint density at radius 3 is 1.39 bits per heavy atom. The second kappa shape index (κ2) is 12.0. The Labute approximate surface area is 190 Å². The van der Waals surface area contributed by atoms with Crippen LogP contribution in [-0.4, -0.2) is 12.3 Å². The minimum Gasteiger partial charge on any atom is -0.110 e. The molecule has 31 heavy (non-hydrogen) atoms. The summed E-state index contributed by atoms with van der Waals surface area (Å²) in [6, 6.07) is 44.2. The molecular formula is C29H30P2. The van der Waals surface area contributed by atoms with E-state index >= 15 is 0 Å². The summed E-state index contributed by atoms with van der Waals surface area (Å²) in [6.45, 7) is 0. The maximum atomic E-state index is 2.31. The first-order valence-electron chi connectivity index (χ1n) is 11.1. The van der Waals surface area contributed by atoms with Crippen LogP contribution in [0.1, 0.15) is 29.6 Å². The van der Waals surface area contributed by atoms with E-state index in [9.17, 15) is 0 Å². The fourth-order valence-electron chi connectivity index (χ4n) is 3.98. The van der Waals surface area contributed by atoms with Crippen LogP contribution in [0, 0.1) is 0 Å². The lowest BCUT2D eigenvalue weighted by molar-refractivity contribution is 0.898. The molecule has 0 bridgehead atoms. The molecule has 0 heterocycles. The molecule has 4 rings (SSSR count). The lowest BCUT2D eigenvalue weighted by Crippen LogP contribution is -2.13. The first kappa shape index (κ1) is 22.0. The first-order chi connectivity index (χ1) is 15.4. The predicted octanol–water partition coefficient (Wildman–Crippen LogP) is 7.37. The Kier molecular flexibility index (Phi) is 8.46. The van der Waals surface area contributed by atoms with Gasteiger partial charge in [-0.2, -0.15) is 0 Å². The molecule has 0 aromatic heterocycles. The molecule has 0 fully saturated rings. The van der Waals surface area contributed by atoms with Crippen LogP contribution >= 0.6 is 16.5 Å². The SMILES string of the molecule is c1ccc(C(PCCCCP(c2ccccc2)c2ccccc2)c2ccccc2)cc1. The fraction of sp³-hybridized carbons (Fsp3) is 0.172. The van der Waals surface area contributed by atoms with Crippen LogP contribution in [0.4, 0.5) is 0 Å². The summed E-state index contributed by atoms with van der Waals surface area (Å²) in [6.07, 6.45) is 5.16. The van der Waals surface area contributed by atoms with E-state index in [1.165, 1.54) is 46.9 Å². The van der Waals surface area contributed by atoms with Crippen molar-refractivity contribution in [1.82, 2.24) is 0 Å². The smallest absolute Gasteiger partial charge is 0.0262 e. The van der Waals surface area contributed by atoms with Gasteiger partial charge in [-0.05, 0) is 54.8 Å². The predicted molar refractivity (Wildman–Crippen MR) is 141 cm³/mol. The summed E-state index contributed by atoms with van der Waals surface area (Å²) >= 11 is 0. The van der Waals surface area contributed by atoms with Gasteiger partial charge < -0.3 is 0 Å². The van der Waals surface area contributed by atoms with Crippen molar-refractivity contribution in [3.05, 3.63) is 132 Å². The van der Waals surface area contributed by atoms with Gasteiger partial charge in [-0.1, -0.05) is 121 Å². The van der Waals surface area contributed by atoms with E-state index in [0.29, 0.717) is 5.66 Å². The van der Waals surface area contributed by atoms with E-state index in [4.69, 9.17) is 0 Å². The zero-order valence-corrected chi connectivity index (χ0v) is 19.8. The van der Waals surface area contributed by atoms with Gasteiger partial charge in [0.2, 0.25) is 0 Å². The van der Waals surface area contributed by atoms with Crippen LogP contribution in [0.15, 0.2) is 121 Å². The van der Waals surface area contributed by atoms with Crippen molar-refractivity contribution < 1.29 is 0 Å². The highest BCUT2D eigenvalue weighted by atomic mass is 31.1. The van der Waals surface area contributed by atoms with Crippen molar-refractivity contribution in [3.63, 3.8) is 0 Å². The lowest BCUT2D eigenvalue weighted by Gasteiger charge is -2.20. The molecule has 2 heteroatoms. The van der Waals surface area contributed by atoms with Gasteiger partial charge in [0.05, 0.1) is 0 Å². The molecule has 156 valence electrons. The van der Waals surface area contributed by atoms with Crippen LogP contribution in [0.2, 0.25) is 0 Å². The van der Waals surface area contributed by atoms with Gasteiger partial charge >= 0.3 is 0 Å². The number of benzene rings is 4. The molecule has 1 atom stereocenters. The van der Waals surface area contributed by atoms with Crippen molar-refractivity contribution in [2.75, 3.05) is 12.3 Å². The third-order valence-corrected chi connectivity index (χ3v) is 9.88. The molecule has 0 nitrogen and oxygen atoms in total. The summed E-state index contributed by atoms with van der Waals surface area (Å²) in [4.78, 5) is 0.